The molecule has 0 radical (unpaired) electrons. The van der Waals surface area contributed by atoms with Crippen LogP contribution < -0.4 is 0 Å². The lowest BCUT2D eigenvalue weighted by molar-refractivity contribution is 0.0842. The Bertz CT molecular complexity index is 684. The molecule has 0 saturated heterocycles. The van der Waals surface area contributed by atoms with Gasteiger partial charge in [0, 0.05) is 23.6 Å². The summed E-state index contributed by atoms with van der Waals surface area (Å²) in [6, 6.07) is 0. The summed E-state index contributed by atoms with van der Waals surface area (Å²) >= 11 is 1.68. The second kappa shape index (κ2) is 5.39. The first-order chi connectivity index (χ1) is 10.2. The molecule has 3 nitrogen and oxygen atoms in total. The maximum absolute atomic E-state index is 6.52. The Morgan fingerprint density at radius 2 is 1.91 bits per heavy atom. The highest BCUT2D eigenvalue weighted by Crippen LogP contribution is 2.46. The summed E-state index contributed by atoms with van der Waals surface area (Å²) in [6.45, 7) is 13.7. The number of thiazole rings is 1. The van der Waals surface area contributed by atoms with Crippen LogP contribution in [0.15, 0.2) is 11.7 Å². The van der Waals surface area contributed by atoms with Gasteiger partial charge >= 0.3 is 0 Å². The summed E-state index contributed by atoms with van der Waals surface area (Å²) < 4.78 is 7.73. The van der Waals surface area contributed by atoms with Crippen LogP contribution in [0.5, 0.6) is 0 Å². The minimum atomic E-state index is -1.65. The van der Waals surface area contributed by atoms with Gasteiger partial charge in [0.2, 0.25) is 0 Å². The summed E-state index contributed by atoms with van der Waals surface area (Å²) in [4.78, 5) is 9.13. The third kappa shape index (κ3) is 2.74. The molecule has 2 heterocycles. The number of hydrogen-bond acceptors (Lipinski definition) is 4. The van der Waals surface area contributed by atoms with Gasteiger partial charge in [-0.3, -0.25) is 4.98 Å². The molecule has 22 heavy (non-hydrogen) atoms. The largest absolute Gasteiger partial charge is 0.414 e. The maximum atomic E-state index is 6.52. The highest BCUT2D eigenvalue weighted by molar-refractivity contribution is 7.16. The van der Waals surface area contributed by atoms with Crippen LogP contribution in [0.25, 0.3) is 10.2 Å². The van der Waals surface area contributed by atoms with Crippen molar-refractivity contribution in [1.82, 2.24) is 9.97 Å². The predicted molar refractivity (Wildman–Crippen MR) is 96.2 cm³/mol. The number of hydrogen-bond donors (Lipinski definition) is 0. The van der Waals surface area contributed by atoms with Gasteiger partial charge in [-0.1, -0.05) is 20.8 Å². The smallest absolute Gasteiger partial charge is 0.192 e. The predicted octanol–water partition coefficient (Wildman–Crippen LogP) is 5.27. The zero-order valence-corrected chi connectivity index (χ0v) is 16.3. The Morgan fingerprint density at radius 3 is 2.55 bits per heavy atom. The molecule has 1 saturated carbocycles. The first-order valence-corrected chi connectivity index (χ1v) is 11.8. The SMILES string of the molecule is Cc1ncc2scnc2c1C1CC(O[Si](C)(C)C(C)(C)C)C1. The normalized spacial score (nSPS) is 22.8. The van der Waals surface area contributed by atoms with Crippen molar-refractivity contribution in [2.45, 2.75) is 70.7 Å². The van der Waals surface area contributed by atoms with Gasteiger partial charge in [0.05, 0.1) is 15.7 Å². The molecule has 0 aliphatic heterocycles. The van der Waals surface area contributed by atoms with Crippen molar-refractivity contribution < 1.29 is 4.43 Å². The number of fused-ring (bicyclic) bond motifs is 1. The third-order valence-corrected chi connectivity index (χ3v) is 10.7. The summed E-state index contributed by atoms with van der Waals surface area (Å²) in [5, 5.41) is 0.282. The van der Waals surface area contributed by atoms with E-state index in [1.165, 1.54) is 10.3 Å². The lowest BCUT2D eigenvalue weighted by Gasteiger charge is -2.45. The van der Waals surface area contributed by atoms with Gasteiger partial charge < -0.3 is 4.43 Å². The average molecular weight is 335 g/mol. The molecule has 0 atom stereocenters. The van der Waals surface area contributed by atoms with E-state index in [1.807, 2.05) is 11.7 Å². The molecule has 2 aromatic rings. The Morgan fingerprint density at radius 1 is 1.23 bits per heavy atom. The van der Waals surface area contributed by atoms with E-state index >= 15 is 0 Å². The van der Waals surface area contributed by atoms with Crippen LogP contribution in [0.2, 0.25) is 18.1 Å². The standard InChI is InChI=1S/C17H26N2OSSi/c1-11-15(16-14(9-18-11)21-10-19-16)12-7-13(8-12)20-22(5,6)17(2,3)4/h9-10,12-13H,7-8H2,1-6H3. The van der Waals surface area contributed by atoms with Crippen molar-refractivity contribution in [3.8, 4) is 0 Å². The van der Waals surface area contributed by atoms with Gasteiger partial charge in [0.1, 0.15) is 0 Å². The summed E-state index contributed by atoms with van der Waals surface area (Å²) in [5.74, 6) is 0.563. The Kier molecular flexibility index (Phi) is 3.94. The van der Waals surface area contributed by atoms with Crippen LogP contribution in [0.4, 0.5) is 0 Å². The molecule has 1 aliphatic rings. The molecule has 120 valence electrons. The quantitative estimate of drug-likeness (QED) is 0.717. The fraction of sp³-hybridized carbons (Fsp3) is 0.647. The molecule has 5 heteroatoms. The minimum absolute atomic E-state index is 0.282. The molecule has 3 rings (SSSR count). The molecule has 0 bridgehead atoms. The lowest BCUT2D eigenvalue weighted by Crippen LogP contribution is -2.47. The van der Waals surface area contributed by atoms with Crippen LogP contribution in [-0.4, -0.2) is 24.4 Å². The van der Waals surface area contributed by atoms with Crippen molar-refractivity contribution in [2.75, 3.05) is 0 Å². The second-order valence-electron chi connectivity index (χ2n) is 7.99. The molecule has 0 aromatic carbocycles. The van der Waals surface area contributed by atoms with Gasteiger partial charge in [0.25, 0.3) is 0 Å². The van der Waals surface area contributed by atoms with Crippen LogP contribution in [0, 0.1) is 6.92 Å². The number of aryl methyl sites for hydroxylation is 1. The van der Waals surface area contributed by atoms with Crippen molar-refractivity contribution in [2.24, 2.45) is 0 Å². The molecular weight excluding hydrogens is 308 g/mol. The summed E-state index contributed by atoms with van der Waals surface area (Å²) in [7, 11) is -1.65. The van der Waals surface area contributed by atoms with Crippen LogP contribution in [-0.2, 0) is 4.43 Å². The fourth-order valence-electron chi connectivity index (χ4n) is 2.93. The molecule has 0 unspecified atom stereocenters. The lowest BCUT2D eigenvalue weighted by atomic mass is 9.77. The fourth-order valence-corrected chi connectivity index (χ4v) is 4.96. The Hall–Kier alpha value is -0.783. The molecule has 1 aliphatic carbocycles. The van der Waals surface area contributed by atoms with E-state index in [9.17, 15) is 0 Å². The zero-order valence-electron chi connectivity index (χ0n) is 14.4. The summed E-state index contributed by atoms with van der Waals surface area (Å²) in [6.07, 6.45) is 4.60. The molecule has 2 aromatic heterocycles. The molecule has 0 amide bonds. The van der Waals surface area contributed by atoms with Crippen molar-refractivity contribution in [3.05, 3.63) is 23.0 Å². The van der Waals surface area contributed by atoms with Crippen LogP contribution in [0.1, 0.15) is 50.8 Å². The molecule has 0 N–H and O–H groups in total. The maximum Gasteiger partial charge on any atom is 0.192 e. The number of aromatic nitrogens is 2. The van der Waals surface area contributed by atoms with Gasteiger partial charge in [-0.2, -0.15) is 0 Å². The van der Waals surface area contributed by atoms with Gasteiger partial charge in [-0.15, -0.1) is 11.3 Å². The highest BCUT2D eigenvalue weighted by atomic mass is 32.1. The number of rotatable bonds is 3. The highest BCUT2D eigenvalue weighted by Gasteiger charge is 2.43. The van der Waals surface area contributed by atoms with E-state index in [0.717, 1.165) is 24.1 Å². The zero-order chi connectivity index (χ0) is 16.1. The van der Waals surface area contributed by atoms with Crippen LogP contribution in [0.3, 0.4) is 0 Å². The molecule has 0 spiro atoms. The first-order valence-electron chi connectivity index (χ1n) is 8.05. The van der Waals surface area contributed by atoms with E-state index in [4.69, 9.17) is 4.43 Å². The molecule has 1 fully saturated rings. The van der Waals surface area contributed by atoms with E-state index in [2.05, 4.69) is 50.8 Å². The Balaban J connectivity index is 1.73. The van der Waals surface area contributed by atoms with Crippen molar-refractivity contribution >= 4 is 29.9 Å². The van der Waals surface area contributed by atoms with Crippen molar-refractivity contribution in [3.63, 3.8) is 0 Å². The topological polar surface area (TPSA) is 35.0 Å². The van der Waals surface area contributed by atoms with Gasteiger partial charge in [0.15, 0.2) is 8.32 Å². The van der Waals surface area contributed by atoms with Crippen LogP contribution >= 0.6 is 11.3 Å². The van der Waals surface area contributed by atoms with Crippen molar-refractivity contribution in [1.29, 1.82) is 0 Å². The van der Waals surface area contributed by atoms with E-state index in [-0.39, 0.29) is 5.04 Å². The molecular formula is C17H26N2OSSi. The third-order valence-electron chi connectivity index (χ3n) is 5.39. The average Bonchev–Trinajstić information content (AvgIpc) is 2.81. The first kappa shape index (κ1) is 16.1. The minimum Gasteiger partial charge on any atom is -0.414 e. The van der Waals surface area contributed by atoms with Gasteiger partial charge in [-0.25, -0.2) is 4.98 Å². The van der Waals surface area contributed by atoms with E-state index < -0.39 is 8.32 Å². The Labute approximate surface area is 138 Å². The number of pyridine rings is 1. The van der Waals surface area contributed by atoms with E-state index in [1.54, 1.807) is 11.3 Å². The van der Waals surface area contributed by atoms with E-state index in [0.29, 0.717) is 12.0 Å². The second-order valence-corrected chi connectivity index (χ2v) is 13.6. The van der Waals surface area contributed by atoms with Gasteiger partial charge in [-0.05, 0) is 43.8 Å². The summed E-state index contributed by atoms with van der Waals surface area (Å²) in [5.41, 5.74) is 5.58. The monoisotopic (exact) mass is 334 g/mol. The number of nitrogens with zero attached hydrogens (tertiary/aromatic N) is 2.